The van der Waals surface area contributed by atoms with E-state index in [1.165, 1.54) is 115 Å². The molecule has 18 aromatic carbocycles. The van der Waals surface area contributed by atoms with Crippen LogP contribution in [0.3, 0.4) is 0 Å². The van der Waals surface area contributed by atoms with Crippen LogP contribution in [0.15, 0.2) is 455 Å². The van der Waals surface area contributed by atoms with E-state index in [9.17, 15) is 0 Å². The first-order chi connectivity index (χ1) is 58.8. The fraction of sp³-hybridized carbons (Fsp3) is 0.0442. The summed E-state index contributed by atoms with van der Waals surface area (Å²) in [4.78, 5) is 7.07. The Morgan fingerprint density at radius 2 is 0.361 bits per heavy atom. The van der Waals surface area contributed by atoms with Crippen molar-refractivity contribution in [3.05, 3.63) is 505 Å². The highest BCUT2D eigenvalue weighted by Gasteiger charge is 2.25. The van der Waals surface area contributed by atoms with Crippen molar-refractivity contribution in [3.8, 4) is 17.1 Å². The largest absolute Gasteiger partial charge is 0.311 e. The van der Waals surface area contributed by atoms with Gasteiger partial charge in [0, 0.05) is 112 Å². The quantitative estimate of drug-likeness (QED) is 0.0801. The van der Waals surface area contributed by atoms with Gasteiger partial charge in [0.25, 0.3) is 0 Å². The fourth-order valence-corrected chi connectivity index (χ4v) is 18.1. The van der Waals surface area contributed by atoms with Gasteiger partial charge >= 0.3 is 0 Å². The van der Waals surface area contributed by atoms with E-state index in [0.29, 0.717) is 0 Å². The molecular formula is C113H86N6. The normalized spacial score (nSPS) is 11.9. The highest BCUT2D eigenvalue weighted by molar-refractivity contribution is 6.11. The van der Waals surface area contributed by atoms with Crippen molar-refractivity contribution < 1.29 is 0 Å². The number of benzene rings is 18. The smallest absolute Gasteiger partial charge is 0.0541 e. The van der Waals surface area contributed by atoms with Gasteiger partial charge in [-0.3, -0.25) is 0 Å². The second kappa shape index (κ2) is 31.9. The van der Waals surface area contributed by atoms with E-state index in [1.54, 1.807) is 0 Å². The van der Waals surface area contributed by atoms with E-state index in [4.69, 9.17) is 0 Å². The van der Waals surface area contributed by atoms with Gasteiger partial charge in [-0.1, -0.05) is 284 Å². The third kappa shape index (κ3) is 14.0. The molecule has 119 heavy (non-hydrogen) atoms. The molecule has 568 valence electrons. The molecule has 0 aliphatic rings. The molecular weight excluding hydrogens is 1440 g/mol. The van der Waals surface area contributed by atoms with E-state index in [1.807, 2.05) is 0 Å². The molecule has 3 heterocycles. The number of aryl methyl sites for hydroxylation is 3. The number of aromatic nitrogens is 3. The first-order valence-corrected chi connectivity index (χ1v) is 41.1. The molecule has 0 fully saturated rings. The van der Waals surface area contributed by atoms with Crippen molar-refractivity contribution in [2.75, 3.05) is 14.7 Å². The zero-order valence-electron chi connectivity index (χ0n) is 66.6. The molecule has 0 spiro atoms. The average Bonchev–Trinajstić information content (AvgIpc) is 1.58. The summed E-state index contributed by atoms with van der Waals surface area (Å²) in [5.74, 6) is 0.230. The highest BCUT2D eigenvalue weighted by Crippen LogP contribution is 2.45. The topological polar surface area (TPSA) is 24.5 Å². The molecule has 0 saturated heterocycles. The number of rotatable bonds is 18. The lowest BCUT2D eigenvalue weighted by Crippen LogP contribution is -2.13. The van der Waals surface area contributed by atoms with E-state index in [2.05, 4.69) is 504 Å². The van der Waals surface area contributed by atoms with Crippen LogP contribution in [0.4, 0.5) is 51.2 Å². The van der Waals surface area contributed by atoms with Gasteiger partial charge in [-0.05, 0) is 242 Å². The van der Waals surface area contributed by atoms with Gasteiger partial charge in [0.15, 0.2) is 0 Å². The minimum atomic E-state index is 0.115. The van der Waals surface area contributed by atoms with Crippen LogP contribution in [0.2, 0.25) is 0 Å². The summed E-state index contributed by atoms with van der Waals surface area (Å²) in [5.41, 5.74) is 31.9. The predicted molar refractivity (Wildman–Crippen MR) is 502 cm³/mol. The minimum Gasteiger partial charge on any atom is -0.311 e. The zero-order chi connectivity index (χ0) is 79.7. The van der Waals surface area contributed by atoms with E-state index >= 15 is 0 Å². The summed E-state index contributed by atoms with van der Waals surface area (Å²) < 4.78 is 7.12. The summed E-state index contributed by atoms with van der Waals surface area (Å²) in [7, 11) is 0. The van der Waals surface area contributed by atoms with E-state index < -0.39 is 0 Å². The van der Waals surface area contributed by atoms with Gasteiger partial charge in [-0.25, -0.2) is 0 Å². The van der Waals surface area contributed by atoms with Gasteiger partial charge in [-0.2, -0.15) is 0 Å². The number of hydrogen-bond donors (Lipinski definition) is 0. The molecule has 0 aliphatic heterocycles. The first kappa shape index (κ1) is 72.7. The van der Waals surface area contributed by atoms with Crippen LogP contribution in [0, 0.1) is 20.8 Å². The van der Waals surface area contributed by atoms with Crippen LogP contribution in [0.1, 0.15) is 61.9 Å². The van der Waals surface area contributed by atoms with Gasteiger partial charge in [0.1, 0.15) is 0 Å². The molecule has 21 rings (SSSR count). The molecule has 0 saturated carbocycles. The fourth-order valence-electron chi connectivity index (χ4n) is 18.1. The number of nitrogens with zero attached hydrogens (tertiary/aromatic N) is 6. The van der Waals surface area contributed by atoms with Crippen LogP contribution in [0.5, 0.6) is 0 Å². The van der Waals surface area contributed by atoms with Crippen molar-refractivity contribution in [2.45, 2.75) is 32.6 Å². The third-order valence-corrected chi connectivity index (χ3v) is 23.5. The lowest BCUT2D eigenvalue weighted by atomic mass is 9.84. The van der Waals surface area contributed by atoms with Crippen molar-refractivity contribution in [1.29, 1.82) is 0 Å². The maximum Gasteiger partial charge on any atom is 0.0541 e. The summed E-state index contributed by atoms with van der Waals surface area (Å²) in [6.45, 7) is 6.49. The van der Waals surface area contributed by atoms with E-state index in [-0.39, 0.29) is 11.8 Å². The molecule has 6 heteroatoms. The van der Waals surface area contributed by atoms with E-state index in [0.717, 1.165) is 68.2 Å². The minimum absolute atomic E-state index is 0.115. The van der Waals surface area contributed by atoms with Crippen molar-refractivity contribution in [1.82, 2.24) is 13.7 Å². The Kier molecular flexibility index (Phi) is 19.5. The lowest BCUT2D eigenvalue weighted by Gasteiger charge is -2.29. The summed E-state index contributed by atoms with van der Waals surface area (Å²) in [6.07, 6.45) is 0. The molecule has 21 aromatic rings. The molecule has 0 bridgehead atoms. The van der Waals surface area contributed by atoms with Crippen LogP contribution >= 0.6 is 0 Å². The second-order valence-electron chi connectivity index (χ2n) is 31.1. The maximum absolute atomic E-state index is 2.38. The predicted octanol–water partition coefficient (Wildman–Crippen LogP) is 30.4. The Hall–Kier alpha value is -15.2. The molecule has 0 aliphatic carbocycles. The zero-order valence-corrected chi connectivity index (χ0v) is 66.6. The number of anilines is 9. The summed E-state index contributed by atoms with van der Waals surface area (Å²) >= 11 is 0. The molecule has 0 amide bonds. The third-order valence-electron chi connectivity index (χ3n) is 23.5. The molecule has 3 aromatic heterocycles. The van der Waals surface area contributed by atoms with Crippen LogP contribution in [-0.4, -0.2) is 13.7 Å². The van der Waals surface area contributed by atoms with Gasteiger partial charge in [0.2, 0.25) is 0 Å². The van der Waals surface area contributed by atoms with Crippen molar-refractivity contribution >= 4 is 117 Å². The maximum atomic E-state index is 2.38. The Balaban J connectivity index is 0.000000153. The number of hydrogen-bond acceptors (Lipinski definition) is 3. The molecule has 0 N–H and O–H groups in total. The Bertz CT molecular complexity index is 6320. The number of fused-ring (bicyclic) bond motifs is 9. The standard InChI is InChI=1S/C59H50N2.C54H36N4/c1-43-16-13-23-50(40-43)58(46-19-7-4-8-20-46)48-28-32-53(33-29-48)60(54-34-30-49(31-35-54)59(47-21-9-5-10-22-47)51-24-14-17-44(2)41-51)55-36-38-56(39-37-55)61(52-25-11-6-12-26-52)57-27-15-18-45(3)42-57;1-7-19-49-43(13-1)44-14-2-8-20-50(44)56(49)40-31-25-37(26-32-40)55(38-27-33-41(34-28-38)57-51-21-9-3-15-45(51)46-16-4-10-22-52(46)57)39-29-35-42(36-30-39)58-53-23-11-5-17-47(53)48-18-6-12-24-54(48)58/h4-42,58-59H,1-3H3;1-36H. The van der Waals surface area contributed by atoms with Gasteiger partial charge < -0.3 is 28.4 Å². The Morgan fingerprint density at radius 3 is 0.647 bits per heavy atom. The average molecular weight is 1530 g/mol. The highest BCUT2D eigenvalue weighted by atomic mass is 15.2. The SMILES string of the molecule is Cc1cccc(C(c2ccccc2)c2ccc(N(c3ccc(C(c4ccccc4)c4cccc(C)c4)cc3)c3ccc(N(c4ccccc4)c4cccc(C)c4)cc3)cc2)c1.c1ccc2c(c1)c1ccccc1n2-c1ccc(N(c2ccc(-n3c4ccccc4c4ccccc43)cc2)c2ccc(-n3c4ccccc4c4ccccc43)cc2)cc1. The molecule has 2 atom stereocenters. The summed E-state index contributed by atoms with van der Waals surface area (Å²) in [5, 5.41) is 7.56. The summed E-state index contributed by atoms with van der Waals surface area (Å²) in [6, 6.07) is 165. The van der Waals surface area contributed by atoms with Crippen LogP contribution in [0.25, 0.3) is 82.5 Å². The van der Waals surface area contributed by atoms with Crippen LogP contribution in [-0.2, 0) is 0 Å². The lowest BCUT2D eigenvalue weighted by molar-refractivity contribution is 0.972. The van der Waals surface area contributed by atoms with Crippen molar-refractivity contribution in [3.63, 3.8) is 0 Å². The molecule has 2 unspecified atom stereocenters. The molecule has 0 radical (unpaired) electrons. The van der Waals surface area contributed by atoms with Gasteiger partial charge in [-0.15, -0.1) is 0 Å². The van der Waals surface area contributed by atoms with Crippen molar-refractivity contribution in [2.24, 2.45) is 0 Å². The Labute approximate surface area is 695 Å². The monoisotopic (exact) mass is 1530 g/mol. The Morgan fingerprint density at radius 1 is 0.160 bits per heavy atom. The number of para-hydroxylation sites is 7. The first-order valence-electron chi connectivity index (χ1n) is 41.1. The van der Waals surface area contributed by atoms with Crippen LogP contribution < -0.4 is 14.7 Å². The second-order valence-corrected chi connectivity index (χ2v) is 31.1. The molecule has 6 nitrogen and oxygen atoms in total. The van der Waals surface area contributed by atoms with Gasteiger partial charge in [0.05, 0.1) is 33.1 Å².